The summed E-state index contributed by atoms with van der Waals surface area (Å²) in [5, 5.41) is 0. The summed E-state index contributed by atoms with van der Waals surface area (Å²) < 4.78 is 0. The number of allylic oxidation sites excluding steroid dienone is 1. The summed E-state index contributed by atoms with van der Waals surface area (Å²) in [5.74, 6) is 0.574. The maximum Gasteiger partial charge on any atom is 0.150 e. The summed E-state index contributed by atoms with van der Waals surface area (Å²) in [5.41, 5.74) is 15.7. The molecule has 1 aliphatic rings. The van der Waals surface area contributed by atoms with Gasteiger partial charge in [-0.05, 0) is 47.9 Å². The van der Waals surface area contributed by atoms with Crippen LogP contribution in [0.2, 0.25) is 0 Å². The molecule has 0 unspecified atom stereocenters. The number of nitrogens with one attached hydrogen (secondary N) is 1. The van der Waals surface area contributed by atoms with E-state index in [1.807, 2.05) is 24.3 Å². The van der Waals surface area contributed by atoms with Crippen molar-refractivity contribution in [1.29, 1.82) is 0 Å². The smallest absolute Gasteiger partial charge is 0.150 e. The zero-order valence-electron chi connectivity index (χ0n) is 18.2. The molecule has 0 atom stereocenters. The first-order valence-electron chi connectivity index (χ1n) is 10.4. The Morgan fingerprint density at radius 3 is 2.74 bits per heavy atom. The lowest BCUT2D eigenvalue weighted by Crippen LogP contribution is -2.30. The summed E-state index contributed by atoms with van der Waals surface area (Å²) in [6.45, 7) is 6.30. The second-order valence-corrected chi connectivity index (χ2v) is 7.66. The van der Waals surface area contributed by atoms with Crippen molar-refractivity contribution in [3.63, 3.8) is 0 Å². The van der Waals surface area contributed by atoms with Crippen molar-refractivity contribution in [3.8, 4) is 11.1 Å². The van der Waals surface area contributed by atoms with Crippen molar-refractivity contribution in [2.24, 2.45) is 10.7 Å². The van der Waals surface area contributed by atoms with Gasteiger partial charge in [-0.2, -0.15) is 0 Å². The van der Waals surface area contributed by atoms with Gasteiger partial charge in [0.05, 0.1) is 12.8 Å². The molecular formula is C25H30N4O2. The molecular weight excluding hydrogens is 388 g/mol. The first-order valence-corrected chi connectivity index (χ1v) is 10.4. The van der Waals surface area contributed by atoms with Gasteiger partial charge in [0.25, 0.3) is 0 Å². The number of nitrogens with zero attached hydrogens (tertiary/aromatic N) is 2. The third-order valence-corrected chi connectivity index (χ3v) is 5.39. The van der Waals surface area contributed by atoms with Gasteiger partial charge in [-0.15, -0.1) is 0 Å². The van der Waals surface area contributed by atoms with Gasteiger partial charge in [0.15, 0.2) is 0 Å². The number of hydroxylamine groups is 1. The Labute approximate surface area is 184 Å². The molecule has 0 saturated heterocycles. The van der Waals surface area contributed by atoms with E-state index >= 15 is 0 Å². The van der Waals surface area contributed by atoms with Gasteiger partial charge in [-0.1, -0.05) is 43.0 Å². The number of nitrogens with two attached hydrogens (primary N) is 1. The van der Waals surface area contributed by atoms with Crippen molar-refractivity contribution in [3.05, 3.63) is 71.3 Å². The highest BCUT2D eigenvalue weighted by atomic mass is 16.6. The second kappa shape index (κ2) is 10.8. The lowest BCUT2D eigenvalue weighted by atomic mass is 9.96. The van der Waals surface area contributed by atoms with Crippen molar-refractivity contribution in [1.82, 2.24) is 10.4 Å². The van der Waals surface area contributed by atoms with Crippen LogP contribution in [0, 0.1) is 0 Å². The van der Waals surface area contributed by atoms with Crippen LogP contribution in [0.15, 0.2) is 59.6 Å². The fourth-order valence-electron chi connectivity index (χ4n) is 3.61. The zero-order valence-corrected chi connectivity index (χ0v) is 18.2. The second-order valence-electron chi connectivity index (χ2n) is 7.66. The number of likely N-dealkylation sites (N-methyl/N-ethyl adjacent to an activating group) is 1. The van der Waals surface area contributed by atoms with Crippen LogP contribution in [0.3, 0.4) is 0 Å². The van der Waals surface area contributed by atoms with Crippen LogP contribution >= 0.6 is 0 Å². The van der Waals surface area contributed by atoms with E-state index in [0.29, 0.717) is 12.3 Å². The van der Waals surface area contributed by atoms with Crippen molar-refractivity contribution < 1.29 is 9.63 Å². The molecule has 1 heterocycles. The summed E-state index contributed by atoms with van der Waals surface area (Å²) in [6, 6.07) is 12.2. The first kappa shape index (κ1) is 22.6. The van der Waals surface area contributed by atoms with Crippen LogP contribution in [-0.2, 0) is 11.3 Å². The molecule has 2 aromatic rings. The monoisotopic (exact) mass is 418 g/mol. The van der Waals surface area contributed by atoms with E-state index < -0.39 is 0 Å². The standard InChI is InChI=1S/C25H30N4O2/c1-4-18-13-22-7-5-20(16-24(22)28-25(26)14-18)19-6-8-23(17-30)21(15-19)9-11-29(2)12-10-27-31-3/h4-8,13,15-17,27H,1,9-12,14H2,2-3H3,(H2,26,28). The van der Waals surface area contributed by atoms with Crippen LogP contribution in [0.25, 0.3) is 17.2 Å². The summed E-state index contributed by atoms with van der Waals surface area (Å²) >= 11 is 0. The lowest BCUT2D eigenvalue weighted by Gasteiger charge is -2.17. The zero-order chi connectivity index (χ0) is 22.2. The molecule has 0 spiro atoms. The topological polar surface area (TPSA) is 80.0 Å². The minimum Gasteiger partial charge on any atom is -0.387 e. The Kier molecular flexibility index (Phi) is 7.89. The van der Waals surface area contributed by atoms with Gasteiger partial charge in [0.1, 0.15) is 12.1 Å². The Hall–Kier alpha value is -3.06. The molecule has 2 aromatic carbocycles. The molecule has 6 nitrogen and oxygen atoms in total. The number of hydrogen-bond acceptors (Lipinski definition) is 6. The average Bonchev–Trinajstić information content (AvgIpc) is 2.94. The highest BCUT2D eigenvalue weighted by molar-refractivity contribution is 5.91. The summed E-state index contributed by atoms with van der Waals surface area (Å²) in [6.07, 6.45) is 6.20. The molecule has 0 fully saturated rings. The van der Waals surface area contributed by atoms with E-state index in [-0.39, 0.29) is 0 Å². The molecule has 3 rings (SSSR count). The van der Waals surface area contributed by atoms with Gasteiger partial charge in [-0.25, -0.2) is 10.5 Å². The Balaban J connectivity index is 1.84. The average molecular weight is 419 g/mol. The third kappa shape index (κ3) is 5.98. The molecule has 162 valence electrons. The van der Waals surface area contributed by atoms with Crippen molar-refractivity contribution in [2.75, 3.05) is 33.8 Å². The van der Waals surface area contributed by atoms with Crippen LogP contribution in [0.4, 0.5) is 5.69 Å². The Morgan fingerprint density at radius 2 is 2.00 bits per heavy atom. The number of carbonyl (C=O) groups excluding carboxylic acids is 1. The van der Waals surface area contributed by atoms with Gasteiger partial charge in [0, 0.05) is 37.2 Å². The number of amidine groups is 1. The number of benzene rings is 2. The van der Waals surface area contributed by atoms with E-state index in [4.69, 9.17) is 10.6 Å². The highest BCUT2D eigenvalue weighted by Gasteiger charge is 2.11. The van der Waals surface area contributed by atoms with Crippen LogP contribution in [0.1, 0.15) is 27.9 Å². The fourth-order valence-corrected chi connectivity index (χ4v) is 3.61. The third-order valence-electron chi connectivity index (χ3n) is 5.39. The first-order chi connectivity index (χ1) is 15.0. The molecule has 0 aliphatic carbocycles. The molecule has 0 aromatic heterocycles. The van der Waals surface area contributed by atoms with E-state index in [1.165, 1.54) is 0 Å². The number of carbonyl (C=O) groups is 1. The minimum absolute atomic E-state index is 0.574. The highest BCUT2D eigenvalue weighted by Crippen LogP contribution is 2.32. The molecule has 3 N–H and O–H groups in total. The molecule has 0 bridgehead atoms. The normalized spacial score (nSPS) is 13.3. The van der Waals surface area contributed by atoms with E-state index in [9.17, 15) is 4.79 Å². The van der Waals surface area contributed by atoms with E-state index in [1.54, 1.807) is 7.11 Å². The van der Waals surface area contributed by atoms with Crippen LogP contribution < -0.4 is 11.2 Å². The quantitative estimate of drug-likeness (QED) is 0.349. The van der Waals surface area contributed by atoms with Crippen molar-refractivity contribution >= 4 is 23.9 Å². The molecule has 31 heavy (non-hydrogen) atoms. The number of hydrogen-bond donors (Lipinski definition) is 2. The van der Waals surface area contributed by atoms with Gasteiger partial charge in [0.2, 0.25) is 0 Å². The molecule has 1 aliphatic heterocycles. The van der Waals surface area contributed by atoms with E-state index in [2.05, 4.69) is 53.3 Å². The predicted molar refractivity (Wildman–Crippen MR) is 128 cm³/mol. The molecule has 6 heteroatoms. The molecule has 0 amide bonds. The Bertz CT molecular complexity index is 1010. The van der Waals surface area contributed by atoms with Crippen LogP contribution in [0.5, 0.6) is 0 Å². The largest absolute Gasteiger partial charge is 0.387 e. The molecule has 0 radical (unpaired) electrons. The maximum absolute atomic E-state index is 11.6. The Morgan fingerprint density at radius 1 is 1.23 bits per heavy atom. The number of aliphatic imine (C=N–C) groups is 1. The van der Waals surface area contributed by atoms with E-state index in [0.717, 1.165) is 71.4 Å². The summed E-state index contributed by atoms with van der Waals surface area (Å²) in [4.78, 5) is 23.2. The number of fused-ring (bicyclic) bond motifs is 1. The minimum atomic E-state index is 0.574. The SMILES string of the molecule is C=CC1=Cc2ccc(-c3ccc(C=O)c(CCN(C)CCNOC)c3)cc2N=C(N)C1. The van der Waals surface area contributed by atoms with Gasteiger partial charge < -0.3 is 15.5 Å². The maximum atomic E-state index is 11.6. The predicted octanol–water partition coefficient (Wildman–Crippen LogP) is 3.75. The summed E-state index contributed by atoms with van der Waals surface area (Å²) in [7, 11) is 3.67. The van der Waals surface area contributed by atoms with Crippen molar-refractivity contribution in [2.45, 2.75) is 12.8 Å². The van der Waals surface area contributed by atoms with Gasteiger partial charge >= 0.3 is 0 Å². The number of rotatable bonds is 10. The van der Waals surface area contributed by atoms with Crippen LogP contribution in [-0.4, -0.2) is 50.8 Å². The lowest BCUT2D eigenvalue weighted by molar-refractivity contribution is 0.0850. The van der Waals surface area contributed by atoms with Gasteiger partial charge in [-0.3, -0.25) is 4.79 Å². The fraction of sp³-hybridized carbons (Fsp3) is 0.280. The molecule has 0 saturated carbocycles. The number of aldehydes is 1.